The van der Waals surface area contributed by atoms with Gasteiger partial charge in [-0.25, -0.2) is 8.42 Å². The summed E-state index contributed by atoms with van der Waals surface area (Å²) in [5.74, 6) is 0.654. The van der Waals surface area contributed by atoms with E-state index in [1.54, 1.807) is 24.3 Å². The van der Waals surface area contributed by atoms with Crippen LogP contribution in [0.15, 0.2) is 53.4 Å². The third-order valence-corrected chi connectivity index (χ3v) is 6.70. The van der Waals surface area contributed by atoms with E-state index < -0.39 is 10.0 Å². The van der Waals surface area contributed by atoms with Gasteiger partial charge in [0, 0.05) is 31.2 Å². The van der Waals surface area contributed by atoms with E-state index in [4.69, 9.17) is 21.1 Å². The summed E-state index contributed by atoms with van der Waals surface area (Å²) >= 11 is 5.90. The van der Waals surface area contributed by atoms with Gasteiger partial charge in [-0.05, 0) is 49.0 Å². The first kappa shape index (κ1) is 21.1. The number of sulfonamides is 1. The Kier molecular flexibility index (Phi) is 7.31. The minimum Gasteiger partial charge on any atom is -0.492 e. The average molecular weight is 425 g/mol. The third kappa shape index (κ3) is 5.68. The molecule has 1 saturated heterocycles. The van der Waals surface area contributed by atoms with Crippen LogP contribution >= 0.6 is 11.6 Å². The summed E-state index contributed by atoms with van der Waals surface area (Å²) in [6.45, 7) is 3.71. The quantitative estimate of drug-likeness (QED) is 0.652. The lowest BCUT2D eigenvalue weighted by molar-refractivity contribution is 0.0730. The topological polar surface area (TPSA) is 59.1 Å². The van der Waals surface area contributed by atoms with Crippen molar-refractivity contribution in [3.05, 3.63) is 59.1 Å². The Morgan fingerprint density at radius 3 is 2.36 bits per heavy atom. The van der Waals surface area contributed by atoms with Crippen molar-refractivity contribution in [1.82, 2.24) is 9.21 Å². The summed E-state index contributed by atoms with van der Waals surface area (Å²) in [5, 5.41) is 0.730. The second-order valence-corrected chi connectivity index (χ2v) is 9.07. The van der Waals surface area contributed by atoms with Gasteiger partial charge in [0.15, 0.2) is 0 Å². The molecule has 0 atom stereocenters. The van der Waals surface area contributed by atoms with Crippen LogP contribution < -0.4 is 4.74 Å². The number of hydrogen-bond donors (Lipinski definition) is 0. The standard InChI is InChI=1S/C20H25ClN2O4S/c1-22(16-17-2-4-18(21)5-3-17)10-15-27-19-6-8-20(9-7-19)28(24,25)23-11-13-26-14-12-23/h2-9H,10-16H2,1H3. The molecule has 3 rings (SSSR count). The van der Waals surface area contributed by atoms with E-state index in [0.29, 0.717) is 38.7 Å². The fourth-order valence-electron chi connectivity index (χ4n) is 2.94. The Morgan fingerprint density at radius 2 is 1.71 bits per heavy atom. The summed E-state index contributed by atoms with van der Waals surface area (Å²) in [6, 6.07) is 14.4. The van der Waals surface area contributed by atoms with E-state index in [1.807, 2.05) is 31.3 Å². The van der Waals surface area contributed by atoms with E-state index in [9.17, 15) is 8.42 Å². The number of halogens is 1. The van der Waals surface area contributed by atoms with Crippen LogP contribution in [-0.2, 0) is 21.3 Å². The molecule has 0 aliphatic carbocycles. The molecule has 8 heteroatoms. The lowest BCUT2D eigenvalue weighted by Crippen LogP contribution is -2.40. The van der Waals surface area contributed by atoms with Gasteiger partial charge in [-0.15, -0.1) is 0 Å². The molecule has 0 bridgehead atoms. The van der Waals surface area contributed by atoms with Crippen LogP contribution in [0, 0.1) is 0 Å². The highest BCUT2D eigenvalue weighted by molar-refractivity contribution is 7.89. The molecule has 0 saturated carbocycles. The molecule has 6 nitrogen and oxygen atoms in total. The van der Waals surface area contributed by atoms with Gasteiger partial charge < -0.3 is 9.47 Å². The first-order valence-corrected chi connectivity index (χ1v) is 11.0. The van der Waals surface area contributed by atoms with Gasteiger partial charge in [-0.1, -0.05) is 23.7 Å². The van der Waals surface area contributed by atoms with Crippen LogP contribution in [0.25, 0.3) is 0 Å². The van der Waals surface area contributed by atoms with Crippen LogP contribution in [0.4, 0.5) is 0 Å². The molecular formula is C20H25ClN2O4S. The predicted molar refractivity (Wildman–Crippen MR) is 109 cm³/mol. The van der Waals surface area contributed by atoms with Crippen molar-refractivity contribution in [2.45, 2.75) is 11.4 Å². The Labute approximate surface area is 171 Å². The fraction of sp³-hybridized carbons (Fsp3) is 0.400. The molecule has 1 fully saturated rings. The second-order valence-electron chi connectivity index (χ2n) is 6.70. The van der Waals surface area contributed by atoms with Crippen molar-refractivity contribution in [3.8, 4) is 5.75 Å². The molecule has 1 aliphatic rings. The highest BCUT2D eigenvalue weighted by atomic mass is 35.5. The molecule has 2 aromatic rings. The highest BCUT2D eigenvalue weighted by Gasteiger charge is 2.26. The molecule has 0 N–H and O–H groups in total. The van der Waals surface area contributed by atoms with Crippen molar-refractivity contribution in [2.75, 3.05) is 46.5 Å². The van der Waals surface area contributed by atoms with Gasteiger partial charge in [-0.3, -0.25) is 4.90 Å². The number of morpholine rings is 1. The zero-order chi connectivity index (χ0) is 20.0. The van der Waals surface area contributed by atoms with Crippen molar-refractivity contribution in [3.63, 3.8) is 0 Å². The Morgan fingerprint density at radius 1 is 1.07 bits per heavy atom. The van der Waals surface area contributed by atoms with Crippen LogP contribution in [0.2, 0.25) is 5.02 Å². The largest absolute Gasteiger partial charge is 0.492 e. The Balaban J connectivity index is 1.48. The third-order valence-electron chi connectivity index (χ3n) is 4.54. The lowest BCUT2D eigenvalue weighted by Gasteiger charge is -2.26. The van der Waals surface area contributed by atoms with E-state index in [0.717, 1.165) is 18.1 Å². The maximum absolute atomic E-state index is 12.6. The number of likely N-dealkylation sites (N-methyl/N-ethyl adjacent to an activating group) is 1. The van der Waals surface area contributed by atoms with Crippen LogP contribution in [0.1, 0.15) is 5.56 Å². The number of hydrogen-bond acceptors (Lipinski definition) is 5. The summed E-state index contributed by atoms with van der Waals surface area (Å²) in [4.78, 5) is 2.43. The minimum atomic E-state index is -3.47. The molecule has 0 spiro atoms. The van der Waals surface area contributed by atoms with Crippen LogP contribution in [0.5, 0.6) is 5.75 Å². The molecule has 152 valence electrons. The van der Waals surface area contributed by atoms with Crippen molar-refractivity contribution in [1.29, 1.82) is 0 Å². The monoisotopic (exact) mass is 424 g/mol. The van der Waals surface area contributed by atoms with Crippen LogP contribution in [0.3, 0.4) is 0 Å². The molecule has 0 unspecified atom stereocenters. The van der Waals surface area contributed by atoms with E-state index >= 15 is 0 Å². The molecule has 0 amide bonds. The van der Waals surface area contributed by atoms with Gasteiger partial charge in [0.2, 0.25) is 10.0 Å². The molecule has 2 aromatic carbocycles. The van der Waals surface area contributed by atoms with Gasteiger partial charge in [0.05, 0.1) is 18.1 Å². The minimum absolute atomic E-state index is 0.279. The maximum Gasteiger partial charge on any atom is 0.243 e. The number of ether oxygens (including phenoxy) is 2. The highest BCUT2D eigenvalue weighted by Crippen LogP contribution is 2.20. The second kappa shape index (κ2) is 9.71. The van der Waals surface area contributed by atoms with Gasteiger partial charge in [0.1, 0.15) is 12.4 Å². The number of benzene rings is 2. The average Bonchev–Trinajstić information content (AvgIpc) is 2.71. The van der Waals surface area contributed by atoms with Crippen LogP contribution in [-0.4, -0.2) is 64.1 Å². The van der Waals surface area contributed by atoms with Gasteiger partial charge >= 0.3 is 0 Å². The summed E-state index contributed by atoms with van der Waals surface area (Å²) in [5.41, 5.74) is 1.18. The van der Waals surface area contributed by atoms with E-state index in [1.165, 1.54) is 9.87 Å². The number of rotatable bonds is 8. The Hall–Kier alpha value is -1.64. The normalized spacial score (nSPS) is 15.7. The SMILES string of the molecule is CN(CCOc1ccc(S(=O)(=O)N2CCOCC2)cc1)Cc1ccc(Cl)cc1. The smallest absolute Gasteiger partial charge is 0.243 e. The molecule has 28 heavy (non-hydrogen) atoms. The number of nitrogens with zero attached hydrogens (tertiary/aromatic N) is 2. The summed E-state index contributed by atoms with van der Waals surface area (Å²) in [7, 11) is -1.45. The summed E-state index contributed by atoms with van der Waals surface area (Å²) < 4.78 is 37.7. The zero-order valence-electron chi connectivity index (χ0n) is 15.9. The van der Waals surface area contributed by atoms with Crippen molar-refractivity contribution in [2.24, 2.45) is 0 Å². The Bertz CT molecular complexity index is 851. The van der Waals surface area contributed by atoms with Gasteiger partial charge in [0.25, 0.3) is 0 Å². The molecule has 0 radical (unpaired) electrons. The lowest BCUT2D eigenvalue weighted by atomic mass is 10.2. The molecule has 1 aliphatic heterocycles. The summed E-state index contributed by atoms with van der Waals surface area (Å²) in [6.07, 6.45) is 0. The molecule has 1 heterocycles. The van der Waals surface area contributed by atoms with E-state index in [2.05, 4.69) is 4.90 Å². The molecular weight excluding hydrogens is 400 g/mol. The zero-order valence-corrected chi connectivity index (χ0v) is 17.5. The molecule has 0 aromatic heterocycles. The predicted octanol–water partition coefficient (Wildman–Crippen LogP) is 2.87. The van der Waals surface area contributed by atoms with Gasteiger partial charge in [-0.2, -0.15) is 4.31 Å². The first-order valence-electron chi connectivity index (χ1n) is 9.19. The van der Waals surface area contributed by atoms with Crippen molar-refractivity contribution >= 4 is 21.6 Å². The first-order chi connectivity index (χ1) is 13.4. The van der Waals surface area contributed by atoms with Crippen molar-refractivity contribution < 1.29 is 17.9 Å². The van der Waals surface area contributed by atoms with E-state index in [-0.39, 0.29) is 4.90 Å². The maximum atomic E-state index is 12.6. The fourth-order valence-corrected chi connectivity index (χ4v) is 4.48.